The number of aliphatic carboxylic acids is 1. The minimum absolute atomic E-state index is 0.113. The molecule has 0 spiro atoms. The fraction of sp³-hybridized carbons (Fsp3) is 0.938. The van der Waals surface area contributed by atoms with Crippen molar-refractivity contribution < 1.29 is 14.6 Å². The van der Waals surface area contributed by atoms with Crippen LogP contribution in [0.15, 0.2) is 0 Å². The van der Waals surface area contributed by atoms with E-state index in [-0.39, 0.29) is 5.92 Å². The Morgan fingerprint density at radius 2 is 1.53 bits per heavy atom. The molecule has 0 aromatic carbocycles. The second kappa shape index (κ2) is 13.9. The van der Waals surface area contributed by atoms with Crippen molar-refractivity contribution in [3.8, 4) is 0 Å². The fourth-order valence-corrected chi connectivity index (χ4v) is 2.29. The Kier molecular flexibility index (Phi) is 13.4. The van der Waals surface area contributed by atoms with Gasteiger partial charge in [0.15, 0.2) is 0 Å². The highest BCUT2D eigenvalue weighted by Crippen LogP contribution is 2.18. The summed E-state index contributed by atoms with van der Waals surface area (Å²) >= 11 is 0. The highest BCUT2D eigenvalue weighted by molar-refractivity contribution is 5.69. The van der Waals surface area contributed by atoms with Crippen molar-refractivity contribution >= 4 is 5.97 Å². The van der Waals surface area contributed by atoms with Crippen LogP contribution >= 0.6 is 0 Å². The summed E-state index contributed by atoms with van der Waals surface area (Å²) in [6.45, 7) is 5.83. The summed E-state index contributed by atoms with van der Waals surface area (Å²) in [5.41, 5.74) is 0. The van der Waals surface area contributed by atoms with Gasteiger partial charge in [-0.05, 0) is 26.2 Å². The number of carboxylic acid groups (broad SMARTS) is 1. The van der Waals surface area contributed by atoms with Gasteiger partial charge < -0.3 is 9.84 Å². The molecule has 0 bridgehead atoms. The maximum absolute atomic E-state index is 11.1. The first-order chi connectivity index (χ1) is 9.22. The Hall–Kier alpha value is -0.570. The van der Waals surface area contributed by atoms with E-state index in [1.165, 1.54) is 25.7 Å². The van der Waals surface area contributed by atoms with Crippen molar-refractivity contribution in [2.45, 2.75) is 78.1 Å². The summed E-state index contributed by atoms with van der Waals surface area (Å²) in [5, 5.41) is 9.11. The predicted octanol–water partition coefficient (Wildman–Crippen LogP) is 4.64. The third-order valence-electron chi connectivity index (χ3n) is 3.55. The van der Waals surface area contributed by atoms with Gasteiger partial charge in [-0.1, -0.05) is 51.9 Å². The van der Waals surface area contributed by atoms with Crippen molar-refractivity contribution in [3.63, 3.8) is 0 Å². The number of hydrogen-bond donors (Lipinski definition) is 1. The van der Waals surface area contributed by atoms with Crippen molar-refractivity contribution in [1.29, 1.82) is 0 Å². The van der Waals surface area contributed by atoms with Crippen LogP contribution in [0, 0.1) is 5.92 Å². The summed E-state index contributed by atoms with van der Waals surface area (Å²) in [6, 6.07) is 0. The molecule has 0 saturated carbocycles. The van der Waals surface area contributed by atoms with E-state index in [2.05, 4.69) is 6.92 Å². The summed E-state index contributed by atoms with van der Waals surface area (Å²) in [7, 11) is 0. The van der Waals surface area contributed by atoms with Crippen LogP contribution in [-0.2, 0) is 9.53 Å². The first-order valence-corrected chi connectivity index (χ1v) is 8.02. The number of hydrogen-bond acceptors (Lipinski definition) is 2. The largest absolute Gasteiger partial charge is 0.481 e. The molecule has 0 radical (unpaired) electrons. The zero-order chi connectivity index (χ0) is 14.3. The van der Waals surface area contributed by atoms with Gasteiger partial charge in [0.1, 0.15) is 0 Å². The van der Waals surface area contributed by atoms with E-state index in [0.717, 1.165) is 51.7 Å². The Morgan fingerprint density at radius 3 is 2.11 bits per heavy atom. The third-order valence-corrected chi connectivity index (χ3v) is 3.55. The maximum atomic E-state index is 11.1. The molecule has 0 heterocycles. The molecule has 1 N–H and O–H groups in total. The Balaban J connectivity index is 3.37. The zero-order valence-electron chi connectivity index (χ0n) is 12.8. The lowest BCUT2D eigenvalue weighted by molar-refractivity contribution is -0.142. The Bertz CT molecular complexity index is 204. The van der Waals surface area contributed by atoms with Gasteiger partial charge in [-0.15, -0.1) is 0 Å². The highest BCUT2D eigenvalue weighted by atomic mass is 16.5. The summed E-state index contributed by atoms with van der Waals surface area (Å²) in [4.78, 5) is 11.1. The lowest BCUT2D eigenvalue weighted by atomic mass is 9.95. The van der Waals surface area contributed by atoms with Crippen molar-refractivity contribution in [2.24, 2.45) is 5.92 Å². The molecule has 0 aliphatic carbocycles. The van der Waals surface area contributed by atoms with Crippen LogP contribution < -0.4 is 0 Å². The van der Waals surface area contributed by atoms with E-state index >= 15 is 0 Å². The molecular weight excluding hydrogens is 240 g/mol. The molecule has 0 saturated heterocycles. The standard InChI is InChI=1S/C16H32O3/c1-3-5-12-15(16(17)18)13-10-8-6-7-9-11-14-19-4-2/h15H,3-14H2,1-2H3,(H,17,18). The molecule has 114 valence electrons. The van der Waals surface area contributed by atoms with Crippen LogP contribution in [0.1, 0.15) is 78.1 Å². The Labute approximate surface area is 118 Å². The first-order valence-electron chi connectivity index (χ1n) is 8.02. The molecule has 19 heavy (non-hydrogen) atoms. The van der Waals surface area contributed by atoms with E-state index in [1.807, 2.05) is 6.92 Å². The third kappa shape index (κ3) is 12.2. The Morgan fingerprint density at radius 1 is 0.947 bits per heavy atom. The molecule has 0 aliphatic heterocycles. The van der Waals surface area contributed by atoms with E-state index in [1.54, 1.807) is 0 Å². The van der Waals surface area contributed by atoms with E-state index in [0.29, 0.717) is 0 Å². The molecule has 3 heteroatoms. The van der Waals surface area contributed by atoms with Crippen LogP contribution in [0.25, 0.3) is 0 Å². The van der Waals surface area contributed by atoms with Gasteiger partial charge in [-0.3, -0.25) is 4.79 Å². The molecule has 0 fully saturated rings. The number of ether oxygens (including phenoxy) is 1. The normalized spacial score (nSPS) is 12.5. The second-order valence-corrected chi connectivity index (χ2v) is 5.28. The maximum Gasteiger partial charge on any atom is 0.306 e. The molecule has 0 amide bonds. The lowest BCUT2D eigenvalue weighted by Crippen LogP contribution is -2.13. The first kappa shape index (κ1) is 18.4. The SMILES string of the molecule is CCCCC(CCCCCCCCOCC)C(=O)O. The van der Waals surface area contributed by atoms with E-state index < -0.39 is 5.97 Å². The van der Waals surface area contributed by atoms with Crippen molar-refractivity contribution in [2.75, 3.05) is 13.2 Å². The van der Waals surface area contributed by atoms with E-state index in [9.17, 15) is 4.79 Å². The predicted molar refractivity (Wildman–Crippen MR) is 79.5 cm³/mol. The van der Waals surface area contributed by atoms with Gasteiger partial charge >= 0.3 is 5.97 Å². The number of unbranched alkanes of at least 4 members (excludes halogenated alkanes) is 6. The van der Waals surface area contributed by atoms with Gasteiger partial charge in [0.2, 0.25) is 0 Å². The van der Waals surface area contributed by atoms with Gasteiger partial charge in [0, 0.05) is 13.2 Å². The quantitative estimate of drug-likeness (QED) is 0.468. The lowest BCUT2D eigenvalue weighted by Gasteiger charge is -2.11. The van der Waals surface area contributed by atoms with Crippen LogP contribution in [-0.4, -0.2) is 24.3 Å². The second-order valence-electron chi connectivity index (χ2n) is 5.28. The molecule has 0 aromatic rings. The summed E-state index contributed by atoms with van der Waals surface area (Å²) < 4.78 is 5.29. The average molecular weight is 272 g/mol. The number of carbonyl (C=O) groups is 1. The monoisotopic (exact) mass is 272 g/mol. The van der Waals surface area contributed by atoms with Crippen LogP contribution in [0.3, 0.4) is 0 Å². The molecule has 1 unspecified atom stereocenters. The smallest absolute Gasteiger partial charge is 0.306 e. The summed E-state index contributed by atoms with van der Waals surface area (Å²) in [5.74, 6) is -0.719. The van der Waals surface area contributed by atoms with Crippen molar-refractivity contribution in [1.82, 2.24) is 0 Å². The van der Waals surface area contributed by atoms with E-state index in [4.69, 9.17) is 9.84 Å². The fourth-order valence-electron chi connectivity index (χ4n) is 2.29. The molecular formula is C16H32O3. The van der Waals surface area contributed by atoms with Crippen LogP contribution in [0.5, 0.6) is 0 Å². The van der Waals surface area contributed by atoms with Gasteiger partial charge in [-0.2, -0.15) is 0 Å². The van der Waals surface area contributed by atoms with Crippen LogP contribution in [0.2, 0.25) is 0 Å². The van der Waals surface area contributed by atoms with Gasteiger partial charge in [0.05, 0.1) is 5.92 Å². The topological polar surface area (TPSA) is 46.5 Å². The van der Waals surface area contributed by atoms with Crippen LogP contribution in [0.4, 0.5) is 0 Å². The van der Waals surface area contributed by atoms with Gasteiger partial charge in [-0.25, -0.2) is 0 Å². The molecule has 0 rings (SSSR count). The minimum Gasteiger partial charge on any atom is -0.481 e. The molecule has 0 aromatic heterocycles. The minimum atomic E-state index is -0.606. The van der Waals surface area contributed by atoms with Crippen molar-refractivity contribution in [3.05, 3.63) is 0 Å². The average Bonchev–Trinajstić information content (AvgIpc) is 2.39. The zero-order valence-corrected chi connectivity index (χ0v) is 12.8. The summed E-state index contributed by atoms with van der Waals surface area (Å²) in [6.07, 6.45) is 10.9. The highest BCUT2D eigenvalue weighted by Gasteiger charge is 2.15. The molecule has 3 nitrogen and oxygen atoms in total. The number of carboxylic acids is 1. The molecule has 1 atom stereocenters. The van der Waals surface area contributed by atoms with Gasteiger partial charge in [0.25, 0.3) is 0 Å². The number of rotatable bonds is 14. The molecule has 0 aliphatic rings.